The molecule has 1 fully saturated rings. The minimum atomic E-state index is -0.194. The van der Waals surface area contributed by atoms with Gasteiger partial charge in [0.25, 0.3) is 5.91 Å². The maximum absolute atomic E-state index is 12.3. The van der Waals surface area contributed by atoms with Crippen LogP contribution in [-0.4, -0.2) is 47.6 Å². The van der Waals surface area contributed by atoms with Gasteiger partial charge in [-0.25, -0.2) is 0 Å². The van der Waals surface area contributed by atoms with Crippen molar-refractivity contribution in [3.8, 4) is 0 Å². The van der Waals surface area contributed by atoms with Gasteiger partial charge in [0.1, 0.15) is 0 Å². The molecular formula is C15H22N2O3S. The highest BCUT2D eigenvalue weighted by atomic mass is 32.1. The second kappa shape index (κ2) is 7.56. The molecule has 0 radical (unpaired) electrons. The molecule has 2 atom stereocenters. The molecule has 2 heterocycles. The third-order valence-corrected chi connectivity index (χ3v) is 4.73. The molecule has 1 aliphatic heterocycles. The predicted molar refractivity (Wildman–Crippen MR) is 82.3 cm³/mol. The van der Waals surface area contributed by atoms with Crippen molar-refractivity contribution < 1.29 is 14.7 Å². The van der Waals surface area contributed by atoms with Gasteiger partial charge in [-0.2, -0.15) is 0 Å². The van der Waals surface area contributed by atoms with Gasteiger partial charge in [0.2, 0.25) is 5.91 Å². The summed E-state index contributed by atoms with van der Waals surface area (Å²) in [7, 11) is 0. The molecule has 21 heavy (non-hydrogen) atoms. The summed E-state index contributed by atoms with van der Waals surface area (Å²) < 4.78 is 0. The van der Waals surface area contributed by atoms with E-state index >= 15 is 0 Å². The Labute approximate surface area is 129 Å². The van der Waals surface area contributed by atoms with Crippen LogP contribution in [0.15, 0.2) is 17.5 Å². The highest BCUT2D eigenvalue weighted by molar-refractivity contribution is 7.12. The Bertz CT molecular complexity index is 471. The molecule has 5 nitrogen and oxygen atoms in total. The Hall–Kier alpha value is -1.40. The van der Waals surface area contributed by atoms with E-state index in [0.717, 1.165) is 17.7 Å². The summed E-state index contributed by atoms with van der Waals surface area (Å²) >= 11 is 1.43. The number of aliphatic hydroxyl groups excluding tert-OH is 1. The maximum Gasteiger partial charge on any atom is 0.263 e. The number of rotatable bonds is 5. The van der Waals surface area contributed by atoms with Gasteiger partial charge in [0, 0.05) is 13.1 Å². The average molecular weight is 310 g/mol. The zero-order valence-electron chi connectivity index (χ0n) is 12.2. The number of piperidine rings is 1. The van der Waals surface area contributed by atoms with Crippen molar-refractivity contribution in [3.63, 3.8) is 0 Å². The Morgan fingerprint density at radius 3 is 3.00 bits per heavy atom. The van der Waals surface area contributed by atoms with Crippen LogP contribution < -0.4 is 5.32 Å². The fourth-order valence-electron chi connectivity index (χ4n) is 2.53. The van der Waals surface area contributed by atoms with E-state index < -0.39 is 0 Å². The van der Waals surface area contributed by atoms with Gasteiger partial charge >= 0.3 is 0 Å². The number of carbonyl (C=O) groups is 2. The molecule has 0 saturated carbocycles. The molecule has 2 unspecified atom stereocenters. The van der Waals surface area contributed by atoms with Crippen LogP contribution in [0.1, 0.15) is 35.9 Å². The summed E-state index contributed by atoms with van der Waals surface area (Å²) in [6, 6.07) is 3.48. The first kappa shape index (κ1) is 16.0. The standard InChI is InChI=1S/C15H22N2O3S/c1-2-12(10-18)16-14(19)11-5-3-7-17(9-11)15(20)13-6-4-8-21-13/h4,6,8,11-12,18H,2-3,5,7,9-10H2,1H3,(H,16,19). The van der Waals surface area contributed by atoms with Crippen LogP contribution in [0.3, 0.4) is 0 Å². The van der Waals surface area contributed by atoms with Crippen molar-refractivity contribution >= 4 is 23.2 Å². The number of thiophene rings is 1. The second-order valence-corrected chi connectivity index (χ2v) is 6.31. The molecule has 0 aromatic carbocycles. The highest BCUT2D eigenvalue weighted by Gasteiger charge is 2.29. The topological polar surface area (TPSA) is 69.6 Å². The number of carbonyl (C=O) groups excluding carboxylic acids is 2. The molecule has 0 aliphatic carbocycles. The number of likely N-dealkylation sites (tertiary alicyclic amines) is 1. The summed E-state index contributed by atoms with van der Waals surface area (Å²) in [6.45, 7) is 3.05. The molecule has 2 rings (SSSR count). The van der Waals surface area contributed by atoms with Gasteiger partial charge in [0.15, 0.2) is 0 Å². The molecule has 0 spiro atoms. The van der Waals surface area contributed by atoms with Crippen LogP contribution in [0.2, 0.25) is 0 Å². The molecule has 1 aliphatic rings. The lowest BCUT2D eigenvalue weighted by Crippen LogP contribution is -2.48. The highest BCUT2D eigenvalue weighted by Crippen LogP contribution is 2.20. The number of hydrogen-bond donors (Lipinski definition) is 2. The minimum absolute atomic E-state index is 0.0108. The quantitative estimate of drug-likeness (QED) is 0.865. The lowest BCUT2D eigenvalue weighted by molar-refractivity contribution is -0.127. The van der Waals surface area contributed by atoms with E-state index in [0.29, 0.717) is 19.5 Å². The first-order valence-corrected chi connectivity index (χ1v) is 8.27. The van der Waals surface area contributed by atoms with E-state index in [9.17, 15) is 9.59 Å². The fraction of sp³-hybridized carbons (Fsp3) is 0.600. The number of nitrogens with one attached hydrogen (secondary N) is 1. The van der Waals surface area contributed by atoms with Crippen molar-refractivity contribution in [2.75, 3.05) is 19.7 Å². The SMILES string of the molecule is CCC(CO)NC(=O)C1CCCN(C(=O)c2cccs2)C1. The Morgan fingerprint density at radius 2 is 2.38 bits per heavy atom. The van der Waals surface area contributed by atoms with Gasteiger partial charge in [-0.05, 0) is 30.7 Å². The van der Waals surface area contributed by atoms with Crippen LogP contribution in [0.5, 0.6) is 0 Å². The first-order valence-electron chi connectivity index (χ1n) is 7.39. The second-order valence-electron chi connectivity index (χ2n) is 5.36. The van der Waals surface area contributed by atoms with Crippen molar-refractivity contribution in [1.82, 2.24) is 10.2 Å². The molecule has 2 N–H and O–H groups in total. The molecule has 116 valence electrons. The third kappa shape index (κ3) is 4.04. The molecule has 2 amide bonds. The summed E-state index contributed by atoms with van der Waals surface area (Å²) in [6.07, 6.45) is 2.33. The van der Waals surface area contributed by atoms with Crippen molar-refractivity contribution in [2.45, 2.75) is 32.2 Å². The number of aliphatic hydroxyl groups is 1. The Morgan fingerprint density at radius 1 is 1.57 bits per heavy atom. The largest absolute Gasteiger partial charge is 0.394 e. The minimum Gasteiger partial charge on any atom is -0.394 e. The van der Waals surface area contributed by atoms with Crippen LogP contribution in [0, 0.1) is 5.92 Å². The van der Waals surface area contributed by atoms with Crippen LogP contribution in [0.25, 0.3) is 0 Å². The van der Waals surface area contributed by atoms with Crippen molar-refractivity contribution in [1.29, 1.82) is 0 Å². The number of nitrogens with zero attached hydrogens (tertiary/aromatic N) is 1. The zero-order valence-corrected chi connectivity index (χ0v) is 13.1. The average Bonchev–Trinajstić information content (AvgIpc) is 3.06. The fourth-order valence-corrected chi connectivity index (χ4v) is 3.22. The van der Waals surface area contributed by atoms with Crippen LogP contribution in [0.4, 0.5) is 0 Å². The first-order chi connectivity index (χ1) is 10.2. The van der Waals surface area contributed by atoms with E-state index in [1.807, 2.05) is 24.4 Å². The lowest BCUT2D eigenvalue weighted by Gasteiger charge is -2.32. The molecule has 1 saturated heterocycles. The van der Waals surface area contributed by atoms with Gasteiger partial charge in [-0.15, -0.1) is 11.3 Å². The van der Waals surface area contributed by atoms with Crippen LogP contribution >= 0.6 is 11.3 Å². The van der Waals surface area contributed by atoms with E-state index in [2.05, 4.69) is 5.32 Å². The predicted octanol–water partition coefficient (Wildman–Crippen LogP) is 1.49. The lowest BCUT2D eigenvalue weighted by atomic mass is 9.96. The Balaban J connectivity index is 1.94. The molecule has 1 aromatic rings. The van der Waals surface area contributed by atoms with Gasteiger partial charge < -0.3 is 15.3 Å². The monoisotopic (exact) mass is 310 g/mol. The molecular weight excluding hydrogens is 288 g/mol. The summed E-state index contributed by atoms with van der Waals surface area (Å²) in [5, 5.41) is 13.9. The molecule has 6 heteroatoms. The van der Waals surface area contributed by atoms with E-state index in [1.54, 1.807) is 4.90 Å². The Kier molecular flexibility index (Phi) is 5.76. The zero-order chi connectivity index (χ0) is 15.2. The molecule has 1 aromatic heterocycles. The maximum atomic E-state index is 12.3. The van der Waals surface area contributed by atoms with Crippen molar-refractivity contribution in [2.24, 2.45) is 5.92 Å². The summed E-state index contributed by atoms with van der Waals surface area (Å²) in [5.74, 6) is -0.223. The third-order valence-electron chi connectivity index (χ3n) is 3.87. The number of amides is 2. The van der Waals surface area contributed by atoms with Gasteiger partial charge in [-0.1, -0.05) is 13.0 Å². The normalized spacial score (nSPS) is 20.1. The molecule has 0 bridgehead atoms. The van der Waals surface area contributed by atoms with Crippen molar-refractivity contribution in [3.05, 3.63) is 22.4 Å². The van der Waals surface area contributed by atoms with Gasteiger partial charge in [-0.3, -0.25) is 9.59 Å². The van der Waals surface area contributed by atoms with E-state index in [1.165, 1.54) is 11.3 Å². The van der Waals surface area contributed by atoms with E-state index in [-0.39, 0.29) is 30.4 Å². The number of hydrogen-bond acceptors (Lipinski definition) is 4. The van der Waals surface area contributed by atoms with E-state index in [4.69, 9.17) is 5.11 Å². The summed E-state index contributed by atoms with van der Waals surface area (Å²) in [4.78, 5) is 27.0. The summed E-state index contributed by atoms with van der Waals surface area (Å²) in [5.41, 5.74) is 0. The van der Waals surface area contributed by atoms with Crippen LogP contribution in [-0.2, 0) is 4.79 Å². The smallest absolute Gasteiger partial charge is 0.263 e. The van der Waals surface area contributed by atoms with Gasteiger partial charge in [0.05, 0.1) is 23.4 Å².